The van der Waals surface area contributed by atoms with Crippen molar-refractivity contribution >= 4 is 40.4 Å². The first-order valence-electron chi connectivity index (χ1n) is 5.55. The average molecular weight is 311 g/mol. The normalized spacial score (nSPS) is 10.1. The second kappa shape index (κ2) is 5.94. The van der Waals surface area contributed by atoms with Crippen molar-refractivity contribution < 1.29 is 14.3 Å². The first-order chi connectivity index (χ1) is 9.52. The summed E-state index contributed by atoms with van der Waals surface area (Å²) in [5.74, 6) is -0.551. The summed E-state index contributed by atoms with van der Waals surface area (Å²) in [4.78, 5) is 23.6. The summed E-state index contributed by atoms with van der Waals surface area (Å²) < 4.78 is 5.05. The second-order valence-corrected chi connectivity index (χ2v) is 5.15. The molecule has 104 valence electrons. The Labute approximate surface area is 124 Å². The highest BCUT2D eigenvalue weighted by molar-refractivity contribution is 7.12. The lowest BCUT2D eigenvalue weighted by Gasteiger charge is -2.07. The van der Waals surface area contributed by atoms with E-state index in [4.69, 9.17) is 22.1 Å². The van der Waals surface area contributed by atoms with Gasteiger partial charge in [-0.1, -0.05) is 11.6 Å². The predicted molar refractivity (Wildman–Crippen MR) is 78.8 cm³/mol. The molecule has 0 fully saturated rings. The Balaban J connectivity index is 2.24. The molecule has 0 aliphatic rings. The van der Waals surface area contributed by atoms with Gasteiger partial charge in [0.05, 0.1) is 17.8 Å². The van der Waals surface area contributed by atoms with Crippen LogP contribution in [-0.2, 0) is 0 Å². The molecule has 0 unspecified atom stereocenters. The van der Waals surface area contributed by atoms with Crippen LogP contribution in [0.2, 0.25) is 5.02 Å². The third kappa shape index (κ3) is 2.92. The minimum Gasteiger partial charge on any atom is -0.495 e. The van der Waals surface area contributed by atoms with Crippen molar-refractivity contribution in [2.45, 2.75) is 0 Å². The van der Waals surface area contributed by atoms with E-state index in [1.807, 2.05) is 0 Å². The maximum absolute atomic E-state index is 12.1. The molecule has 2 rings (SSSR count). The molecule has 20 heavy (non-hydrogen) atoms. The van der Waals surface area contributed by atoms with Crippen LogP contribution in [0.4, 0.5) is 5.69 Å². The van der Waals surface area contributed by atoms with Gasteiger partial charge in [-0.15, -0.1) is 11.3 Å². The van der Waals surface area contributed by atoms with Gasteiger partial charge in [-0.25, -0.2) is 0 Å². The monoisotopic (exact) mass is 310 g/mol. The van der Waals surface area contributed by atoms with Crippen molar-refractivity contribution in [1.29, 1.82) is 0 Å². The first-order valence-corrected chi connectivity index (χ1v) is 6.81. The fourth-order valence-electron chi connectivity index (χ4n) is 1.59. The second-order valence-electron chi connectivity index (χ2n) is 3.83. The lowest BCUT2D eigenvalue weighted by Crippen LogP contribution is -2.16. The highest BCUT2D eigenvalue weighted by atomic mass is 35.5. The Morgan fingerprint density at radius 1 is 1.35 bits per heavy atom. The smallest absolute Gasteiger partial charge is 0.260 e. The number of carbonyl (C=O) groups is 2. The number of nitrogens with two attached hydrogens (primary N) is 1. The van der Waals surface area contributed by atoms with Gasteiger partial charge >= 0.3 is 0 Å². The number of nitrogens with one attached hydrogen (secondary N) is 1. The predicted octanol–water partition coefficient (Wildman–Crippen LogP) is 2.76. The lowest BCUT2D eigenvalue weighted by atomic mass is 10.2. The van der Waals surface area contributed by atoms with Gasteiger partial charge in [0.2, 0.25) is 0 Å². The molecule has 2 amide bonds. The molecule has 0 spiro atoms. The Kier molecular flexibility index (Phi) is 4.26. The van der Waals surface area contributed by atoms with E-state index in [1.54, 1.807) is 23.6 Å². The summed E-state index contributed by atoms with van der Waals surface area (Å²) in [7, 11) is 1.47. The summed E-state index contributed by atoms with van der Waals surface area (Å²) in [6.07, 6.45) is 0. The van der Waals surface area contributed by atoms with Crippen LogP contribution in [0.3, 0.4) is 0 Å². The molecule has 0 atom stereocenters. The van der Waals surface area contributed by atoms with Crippen LogP contribution in [0, 0.1) is 0 Å². The van der Waals surface area contributed by atoms with Crippen molar-refractivity contribution in [3.05, 3.63) is 45.1 Å². The maximum Gasteiger partial charge on any atom is 0.260 e. The summed E-state index contributed by atoms with van der Waals surface area (Å²) in [5.41, 5.74) is 5.98. The molecule has 3 N–H and O–H groups in total. The number of thiophene rings is 1. The number of methoxy groups -OCH3 is 1. The molecule has 0 aliphatic carbocycles. The van der Waals surface area contributed by atoms with E-state index in [9.17, 15) is 9.59 Å². The van der Waals surface area contributed by atoms with Crippen molar-refractivity contribution in [2.75, 3.05) is 12.4 Å². The van der Waals surface area contributed by atoms with Gasteiger partial charge in [-0.2, -0.15) is 0 Å². The number of hydrogen-bond acceptors (Lipinski definition) is 4. The van der Waals surface area contributed by atoms with Gasteiger partial charge in [0.25, 0.3) is 11.8 Å². The highest BCUT2D eigenvalue weighted by Gasteiger charge is 2.14. The minimum atomic E-state index is -0.580. The van der Waals surface area contributed by atoms with Gasteiger partial charge in [0, 0.05) is 5.56 Å². The largest absolute Gasteiger partial charge is 0.495 e. The number of ether oxygens (including phenoxy) is 1. The summed E-state index contributed by atoms with van der Waals surface area (Å²) >= 11 is 7.06. The Hall–Kier alpha value is -2.05. The zero-order valence-electron chi connectivity index (χ0n) is 10.5. The number of hydrogen-bond donors (Lipinski definition) is 2. The topological polar surface area (TPSA) is 81.4 Å². The SMILES string of the molecule is COc1cc(C(=O)Nc2ccsc2C(N)=O)ccc1Cl. The van der Waals surface area contributed by atoms with Crippen LogP contribution in [0.25, 0.3) is 0 Å². The first kappa shape index (κ1) is 14.4. The van der Waals surface area contributed by atoms with E-state index in [0.29, 0.717) is 26.9 Å². The number of benzene rings is 1. The minimum absolute atomic E-state index is 0.305. The van der Waals surface area contributed by atoms with Crippen LogP contribution in [0.1, 0.15) is 20.0 Å². The van der Waals surface area contributed by atoms with Crippen LogP contribution < -0.4 is 15.8 Å². The van der Waals surface area contributed by atoms with E-state index in [-0.39, 0.29) is 5.91 Å². The van der Waals surface area contributed by atoms with E-state index in [1.165, 1.54) is 24.5 Å². The quantitative estimate of drug-likeness (QED) is 0.911. The molecule has 2 aromatic rings. The summed E-state index contributed by atoms with van der Waals surface area (Å²) in [6, 6.07) is 6.28. The van der Waals surface area contributed by atoms with E-state index in [2.05, 4.69) is 5.32 Å². The zero-order chi connectivity index (χ0) is 14.7. The molecule has 7 heteroatoms. The summed E-state index contributed by atoms with van der Waals surface area (Å²) in [5, 5.41) is 4.72. The Morgan fingerprint density at radius 3 is 2.75 bits per heavy atom. The zero-order valence-corrected chi connectivity index (χ0v) is 12.0. The number of amides is 2. The van der Waals surface area contributed by atoms with Gasteiger partial charge in [0.1, 0.15) is 10.6 Å². The molecule has 1 aromatic heterocycles. The van der Waals surface area contributed by atoms with Crippen LogP contribution >= 0.6 is 22.9 Å². The number of anilines is 1. The number of carbonyl (C=O) groups excluding carboxylic acids is 2. The van der Waals surface area contributed by atoms with Gasteiger partial charge in [-0.3, -0.25) is 9.59 Å². The maximum atomic E-state index is 12.1. The molecule has 5 nitrogen and oxygen atoms in total. The number of rotatable bonds is 4. The Morgan fingerprint density at radius 2 is 2.10 bits per heavy atom. The molecule has 1 heterocycles. The molecular weight excluding hydrogens is 300 g/mol. The molecule has 1 aromatic carbocycles. The molecule has 0 aliphatic heterocycles. The van der Waals surface area contributed by atoms with Crippen molar-refractivity contribution in [2.24, 2.45) is 5.73 Å². The standard InChI is InChI=1S/C13H11ClN2O3S/c1-19-10-6-7(2-3-8(10)14)13(18)16-9-4-5-20-11(9)12(15)17/h2-6H,1H3,(H2,15,17)(H,16,18). The Bertz CT molecular complexity index is 669. The van der Waals surface area contributed by atoms with E-state index >= 15 is 0 Å². The van der Waals surface area contributed by atoms with Gasteiger partial charge in [0.15, 0.2) is 0 Å². The molecule has 0 saturated heterocycles. The third-order valence-corrected chi connectivity index (χ3v) is 3.79. The lowest BCUT2D eigenvalue weighted by molar-refractivity contribution is 0.100. The van der Waals surface area contributed by atoms with Crippen LogP contribution in [0.5, 0.6) is 5.75 Å². The van der Waals surface area contributed by atoms with E-state index in [0.717, 1.165) is 0 Å². The number of halogens is 1. The fraction of sp³-hybridized carbons (Fsp3) is 0.0769. The van der Waals surface area contributed by atoms with Crippen LogP contribution in [-0.4, -0.2) is 18.9 Å². The van der Waals surface area contributed by atoms with E-state index < -0.39 is 5.91 Å². The average Bonchev–Trinajstić information content (AvgIpc) is 2.87. The molecule has 0 radical (unpaired) electrons. The summed E-state index contributed by atoms with van der Waals surface area (Å²) in [6.45, 7) is 0. The van der Waals surface area contributed by atoms with Crippen molar-refractivity contribution in [3.8, 4) is 5.75 Å². The van der Waals surface area contributed by atoms with Gasteiger partial charge in [-0.05, 0) is 29.6 Å². The fourth-order valence-corrected chi connectivity index (χ4v) is 2.49. The molecule has 0 saturated carbocycles. The third-order valence-electron chi connectivity index (χ3n) is 2.55. The van der Waals surface area contributed by atoms with Crippen molar-refractivity contribution in [1.82, 2.24) is 0 Å². The molecule has 0 bridgehead atoms. The van der Waals surface area contributed by atoms with Crippen LogP contribution in [0.15, 0.2) is 29.6 Å². The number of primary amides is 1. The van der Waals surface area contributed by atoms with Crippen molar-refractivity contribution in [3.63, 3.8) is 0 Å². The molecular formula is C13H11ClN2O3S. The van der Waals surface area contributed by atoms with Gasteiger partial charge < -0.3 is 15.8 Å². The highest BCUT2D eigenvalue weighted by Crippen LogP contribution is 2.26.